The second kappa shape index (κ2) is 9.62. The Balaban J connectivity index is 1.31. The zero-order valence-electron chi connectivity index (χ0n) is 23.9. The third-order valence-corrected chi connectivity index (χ3v) is 9.13. The van der Waals surface area contributed by atoms with Gasteiger partial charge in [-0.1, -0.05) is 121 Å². The molecule has 0 saturated heterocycles. The van der Waals surface area contributed by atoms with Crippen molar-refractivity contribution in [1.29, 1.82) is 0 Å². The van der Waals surface area contributed by atoms with Gasteiger partial charge in [0.25, 0.3) is 0 Å². The summed E-state index contributed by atoms with van der Waals surface area (Å²) < 4.78 is 0. The van der Waals surface area contributed by atoms with Crippen LogP contribution < -0.4 is 5.43 Å². The van der Waals surface area contributed by atoms with E-state index in [1.54, 1.807) is 0 Å². The molecule has 9 aromatic carbocycles. The fourth-order valence-corrected chi connectivity index (χ4v) is 7.05. The fraction of sp³-hybridized carbons (Fsp3) is 0. The Labute approximate surface area is 255 Å². The number of fused-ring (bicyclic) bond motifs is 3. The predicted octanol–water partition coefficient (Wildman–Crippen LogP) is 11.2. The summed E-state index contributed by atoms with van der Waals surface area (Å²) in [7, 11) is 0. The second-order valence-electron chi connectivity index (χ2n) is 11.7. The molecule has 0 bridgehead atoms. The monoisotopic (exact) mass is 558 g/mol. The first kappa shape index (κ1) is 24.8. The van der Waals surface area contributed by atoms with Gasteiger partial charge in [0.2, 0.25) is 0 Å². The molecule has 0 aliphatic heterocycles. The molecule has 0 fully saturated rings. The lowest BCUT2D eigenvalue weighted by Crippen LogP contribution is -1.94. The number of benzene rings is 8. The average Bonchev–Trinajstić information content (AvgIpc) is 3.39. The SMILES string of the molecule is O=c1c2cc(-c3cccc(-c4ccccc4)c3)cc3c4ccccc4c4cc(-c5cccc(-c6ccccc6)c5)cc1c4c23. The van der Waals surface area contributed by atoms with Crippen LogP contribution >= 0.6 is 0 Å². The smallest absolute Gasteiger partial charge is 0.194 e. The van der Waals surface area contributed by atoms with Gasteiger partial charge in [0.15, 0.2) is 5.43 Å². The maximum Gasteiger partial charge on any atom is 0.194 e. The third kappa shape index (κ3) is 3.76. The van der Waals surface area contributed by atoms with Crippen LogP contribution in [0.2, 0.25) is 0 Å². The number of hydrogen-bond donors (Lipinski definition) is 0. The minimum absolute atomic E-state index is 0.104. The first-order valence-corrected chi connectivity index (χ1v) is 15.1. The Morgan fingerprint density at radius 1 is 0.250 bits per heavy atom. The van der Waals surface area contributed by atoms with E-state index in [0.717, 1.165) is 65.7 Å². The van der Waals surface area contributed by atoms with E-state index in [9.17, 15) is 4.79 Å². The van der Waals surface area contributed by atoms with Crippen molar-refractivity contribution in [3.05, 3.63) is 168 Å². The minimum Gasteiger partial charge on any atom is -0.289 e. The van der Waals surface area contributed by atoms with Crippen LogP contribution in [0.5, 0.6) is 0 Å². The van der Waals surface area contributed by atoms with Gasteiger partial charge in [-0.2, -0.15) is 0 Å². The highest BCUT2D eigenvalue weighted by atomic mass is 16.1. The van der Waals surface area contributed by atoms with Crippen LogP contribution in [0.1, 0.15) is 0 Å². The van der Waals surface area contributed by atoms with Crippen molar-refractivity contribution in [2.45, 2.75) is 0 Å². The van der Waals surface area contributed by atoms with Crippen LogP contribution in [0.15, 0.2) is 163 Å². The number of rotatable bonds is 4. The summed E-state index contributed by atoms with van der Waals surface area (Å²) in [6, 6.07) is 55.5. The van der Waals surface area contributed by atoms with Gasteiger partial charge >= 0.3 is 0 Å². The Kier molecular flexibility index (Phi) is 5.42. The highest BCUT2D eigenvalue weighted by Gasteiger charge is 2.21. The van der Waals surface area contributed by atoms with E-state index in [4.69, 9.17) is 0 Å². The van der Waals surface area contributed by atoms with Crippen molar-refractivity contribution < 1.29 is 0 Å². The lowest BCUT2D eigenvalue weighted by Gasteiger charge is -2.13. The molecule has 0 radical (unpaired) electrons. The lowest BCUT2D eigenvalue weighted by atomic mass is 9.90. The molecule has 0 amide bonds. The zero-order chi connectivity index (χ0) is 29.2. The predicted molar refractivity (Wildman–Crippen MR) is 187 cm³/mol. The molecule has 0 heterocycles. The van der Waals surface area contributed by atoms with Crippen LogP contribution in [0.25, 0.3) is 87.6 Å². The summed E-state index contributed by atoms with van der Waals surface area (Å²) >= 11 is 0. The molecule has 204 valence electrons. The molecule has 9 aromatic rings. The van der Waals surface area contributed by atoms with Gasteiger partial charge in [0.1, 0.15) is 0 Å². The third-order valence-electron chi connectivity index (χ3n) is 9.13. The molecule has 0 atom stereocenters. The summed E-state index contributed by atoms with van der Waals surface area (Å²) in [6.07, 6.45) is 0. The van der Waals surface area contributed by atoms with Crippen LogP contribution in [-0.4, -0.2) is 0 Å². The van der Waals surface area contributed by atoms with Crippen LogP contribution in [-0.2, 0) is 0 Å². The molecule has 0 aliphatic rings. The standard InChI is InChI=1S/C43H26O/c44-43-39-25-33(31-17-9-15-29(21-31)27-11-3-1-4-12-27)23-37-35-19-7-8-20-36(35)38-24-34(26-40(43)42(38)41(37)39)32-18-10-16-30(22-32)28-13-5-2-6-14-28/h1-26H. The van der Waals surface area contributed by atoms with E-state index >= 15 is 0 Å². The van der Waals surface area contributed by atoms with E-state index in [1.165, 1.54) is 21.9 Å². The normalized spacial score (nSPS) is 11.7. The highest BCUT2D eigenvalue weighted by Crippen LogP contribution is 2.44. The fourth-order valence-electron chi connectivity index (χ4n) is 7.05. The van der Waals surface area contributed by atoms with Gasteiger partial charge < -0.3 is 0 Å². The average molecular weight is 559 g/mol. The molecular weight excluding hydrogens is 532 g/mol. The summed E-state index contributed by atoms with van der Waals surface area (Å²) in [5, 5.41) is 8.36. The van der Waals surface area contributed by atoms with E-state index in [2.05, 4.69) is 146 Å². The van der Waals surface area contributed by atoms with Gasteiger partial charge in [0, 0.05) is 21.5 Å². The first-order valence-electron chi connectivity index (χ1n) is 15.1. The lowest BCUT2D eigenvalue weighted by molar-refractivity contribution is 1.60. The van der Waals surface area contributed by atoms with Crippen molar-refractivity contribution in [2.75, 3.05) is 0 Å². The van der Waals surface area contributed by atoms with Gasteiger partial charge in [0.05, 0.1) is 0 Å². The summed E-state index contributed by atoms with van der Waals surface area (Å²) in [4.78, 5) is 14.3. The molecule has 0 unspecified atom stereocenters. The maximum atomic E-state index is 14.3. The van der Waals surface area contributed by atoms with Crippen molar-refractivity contribution in [3.63, 3.8) is 0 Å². The largest absolute Gasteiger partial charge is 0.289 e. The van der Waals surface area contributed by atoms with Crippen LogP contribution in [0.4, 0.5) is 0 Å². The van der Waals surface area contributed by atoms with Gasteiger partial charge in [-0.25, -0.2) is 0 Å². The molecule has 0 aromatic heterocycles. The Bertz CT molecular complexity index is 2370. The summed E-state index contributed by atoms with van der Waals surface area (Å²) in [6.45, 7) is 0. The molecule has 0 aliphatic carbocycles. The summed E-state index contributed by atoms with van der Waals surface area (Å²) in [5.41, 5.74) is 9.13. The highest BCUT2D eigenvalue weighted by molar-refractivity contribution is 6.36. The van der Waals surface area contributed by atoms with E-state index in [-0.39, 0.29) is 5.43 Å². The Hall–Kier alpha value is -5.79. The van der Waals surface area contributed by atoms with Crippen LogP contribution in [0.3, 0.4) is 0 Å². The molecule has 0 saturated carbocycles. The summed E-state index contributed by atoms with van der Waals surface area (Å²) in [5.74, 6) is 0. The van der Waals surface area contributed by atoms with Gasteiger partial charge in [-0.15, -0.1) is 0 Å². The second-order valence-corrected chi connectivity index (χ2v) is 11.7. The van der Waals surface area contributed by atoms with Gasteiger partial charge in [-0.05, 0) is 102 Å². The van der Waals surface area contributed by atoms with E-state index in [0.29, 0.717) is 0 Å². The van der Waals surface area contributed by atoms with Crippen LogP contribution in [0, 0.1) is 0 Å². The topological polar surface area (TPSA) is 17.1 Å². The molecule has 44 heavy (non-hydrogen) atoms. The Morgan fingerprint density at radius 3 is 1.02 bits per heavy atom. The molecule has 0 N–H and O–H groups in total. The van der Waals surface area contributed by atoms with Crippen molar-refractivity contribution in [2.24, 2.45) is 0 Å². The quantitative estimate of drug-likeness (QED) is 0.196. The minimum atomic E-state index is 0.104. The first-order chi connectivity index (χ1) is 21.7. The van der Waals surface area contributed by atoms with Crippen molar-refractivity contribution in [3.8, 4) is 44.5 Å². The molecule has 0 spiro atoms. The maximum absolute atomic E-state index is 14.3. The molecule has 1 nitrogen and oxygen atoms in total. The van der Waals surface area contributed by atoms with Crippen molar-refractivity contribution >= 4 is 43.1 Å². The Morgan fingerprint density at radius 2 is 0.591 bits per heavy atom. The molecule has 9 rings (SSSR count). The molecular formula is C43H26O. The molecule has 1 heteroatoms. The van der Waals surface area contributed by atoms with Crippen molar-refractivity contribution in [1.82, 2.24) is 0 Å². The van der Waals surface area contributed by atoms with E-state index < -0.39 is 0 Å². The van der Waals surface area contributed by atoms with E-state index in [1.807, 2.05) is 12.1 Å². The van der Waals surface area contributed by atoms with Gasteiger partial charge in [-0.3, -0.25) is 4.79 Å². The number of hydrogen-bond acceptors (Lipinski definition) is 1. The zero-order valence-corrected chi connectivity index (χ0v) is 23.9.